The van der Waals surface area contributed by atoms with E-state index in [1.165, 1.54) is 24.5 Å². The number of amides is 3. The van der Waals surface area contributed by atoms with Crippen molar-refractivity contribution < 1.29 is 14.0 Å². The Morgan fingerprint density at radius 1 is 1.00 bits per heavy atom. The summed E-state index contributed by atoms with van der Waals surface area (Å²) in [4.78, 5) is 24.3. The second-order valence-corrected chi connectivity index (χ2v) is 6.46. The molecule has 0 aliphatic heterocycles. The largest absolute Gasteiger partial charge is 0.341 e. The van der Waals surface area contributed by atoms with E-state index in [0.29, 0.717) is 27.2 Å². The van der Waals surface area contributed by atoms with Gasteiger partial charge in [-0.2, -0.15) is 0 Å². The minimum atomic E-state index is -0.324. The van der Waals surface area contributed by atoms with Crippen molar-refractivity contribution in [1.29, 1.82) is 0 Å². The van der Waals surface area contributed by atoms with Gasteiger partial charge in [0.2, 0.25) is 0 Å². The smallest absolute Gasteiger partial charge is 0.318 e. The Balaban J connectivity index is 1.80. The van der Waals surface area contributed by atoms with Crippen molar-refractivity contribution in [3.63, 3.8) is 0 Å². The molecular weight excluding hydrogens is 341 g/mol. The number of rotatable bonds is 3. The summed E-state index contributed by atoms with van der Waals surface area (Å²) in [5.74, 6) is -0.611. The van der Waals surface area contributed by atoms with Gasteiger partial charge in [0.05, 0.1) is 4.88 Å². The van der Waals surface area contributed by atoms with Crippen molar-refractivity contribution in [3.05, 3.63) is 58.7 Å². The Labute approximate surface area is 147 Å². The second kappa shape index (κ2) is 6.90. The van der Waals surface area contributed by atoms with Gasteiger partial charge in [-0.25, -0.2) is 9.18 Å². The number of nitrogens with one attached hydrogen (secondary N) is 3. The van der Waals surface area contributed by atoms with Crippen LogP contribution in [0.15, 0.2) is 42.5 Å². The summed E-state index contributed by atoms with van der Waals surface area (Å²) in [6.45, 7) is 1.74. The van der Waals surface area contributed by atoms with Crippen molar-refractivity contribution >= 4 is 44.7 Å². The van der Waals surface area contributed by atoms with Crippen LogP contribution in [0.1, 0.15) is 15.2 Å². The zero-order valence-electron chi connectivity index (χ0n) is 13.6. The first-order valence-corrected chi connectivity index (χ1v) is 8.39. The Bertz CT molecular complexity index is 951. The van der Waals surface area contributed by atoms with Gasteiger partial charge in [-0.05, 0) is 48.9 Å². The Morgan fingerprint density at radius 3 is 2.24 bits per heavy atom. The number of aryl methyl sites for hydroxylation is 1. The Morgan fingerprint density at radius 2 is 1.64 bits per heavy atom. The number of thiophene rings is 1. The van der Waals surface area contributed by atoms with E-state index in [9.17, 15) is 14.0 Å². The number of hydrogen-bond donors (Lipinski definition) is 3. The fourth-order valence-corrected chi connectivity index (χ4v) is 3.61. The Hall–Kier alpha value is -2.93. The van der Waals surface area contributed by atoms with Gasteiger partial charge in [0, 0.05) is 28.5 Å². The molecule has 0 bridgehead atoms. The van der Waals surface area contributed by atoms with Gasteiger partial charge in [-0.15, -0.1) is 11.3 Å². The van der Waals surface area contributed by atoms with Crippen molar-refractivity contribution in [2.24, 2.45) is 0 Å². The van der Waals surface area contributed by atoms with Crippen molar-refractivity contribution in [2.45, 2.75) is 6.92 Å². The maximum absolute atomic E-state index is 14.0. The molecule has 0 fully saturated rings. The minimum absolute atomic E-state index is 0.287. The zero-order valence-corrected chi connectivity index (χ0v) is 14.5. The lowest BCUT2D eigenvalue weighted by Gasteiger charge is -2.07. The Kier molecular flexibility index (Phi) is 4.67. The van der Waals surface area contributed by atoms with Gasteiger partial charge < -0.3 is 16.0 Å². The number of hydrogen-bond acceptors (Lipinski definition) is 3. The summed E-state index contributed by atoms with van der Waals surface area (Å²) in [6, 6.07) is 11.2. The lowest BCUT2D eigenvalue weighted by Crippen LogP contribution is -2.24. The van der Waals surface area contributed by atoms with Crippen LogP contribution in [0.25, 0.3) is 10.1 Å². The molecule has 1 heterocycles. The van der Waals surface area contributed by atoms with Crippen LogP contribution in [0.3, 0.4) is 0 Å². The number of anilines is 2. The van der Waals surface area contributed by atoms with Crippen LogP contribution in [0.5, 0.6) is 0 Å². The summed E-state index contributed by atoms with van der Waals surface area (Å²) in [6.07, 6.45) is 0. The van der Waals surface area contributed by atoms with E-state index in [1.54, 1.807) is 43.3 Å². The van der Waals surface area contributed by atoms with Gasteiger partial charge in [-0.3, -0.25) is 4.79 Å². The van der Waals surface area contributed by atoms with Crippen LogP contribution in [0.4, 0.5) is 20.6 Å². The highest BCUT2D eigenvalue weighted by molar-refractivity contribution is 7.21. The predicted octanol–water partition coefficient (Wildman–Crippen LogP) is 4.35. The SMILES string of the molecule is CNC(=O)Nc1ccc(NC(=O)c2sc3cccc(F)c3c2C)cc1. The van der Waals surface area contributed by atoms with Gasteiger partial charge in [0.1, 0.15) is 5.82 Å². The second-order valence-electron chi connectivity index (χ2n) is 5.40. The highest BCUT2D eigenvalue weighted by atomic mass is 32.1. The molecule has 3 rings (SSSR count). The zero-order chi connectivity index (χ0) is 18.0. The third-order valence-electron chi connectivity index (χ3n) is 3.74. The summed E-state index contributed by atoms with van der Waals surface area (Å²) < 4.78 is 14.7. The number of benzene rings is 2. The molecule has 1 aromatic heterocycles. The topological polar surface area (TPSA) is 70.2 Å². The fraction of sp³-hybridized carbons (Fsp3) is 0.111. The normalized spacial score (nSPS) is 10.5. The average molecular weight is 357 g/mol. The molecule has 5 nitrogen and oxygen atoms in total. The summed E-state index contributed by atoms with van der Waals surface area (Å²) in [5, 5.41) is 8.37. The van der Waals surface area contributed by atoms with Gasteiger partial charge in [0.15, 0.2) is 0 Å². The molecule has 0 aliphatic rings. The highest BCUT2D eigenvalue weighted by Crippen LogP contribution is 2.33. The fourth-order valence-electron chi connectivity index (χ4n) is 2.49. The first-order valence-electron chi connectivity index (χ1n) is 7.57. The first-order chi connectivity index (χ1) is 12.0. The number of carbonyl (C=O) groups is 2. The molecule has 7 heteroatoms. The van der Waals surface area contributed by atoms with Crippen LogP contribution in [0.2, 0.25) is 0 Å². The van der Waals surface area contributed by atoms with Crippen LogP contribution < -0.4 is 16.0 Å². The minimum Gasteiger partial charge on any atom is -0.341 e. The monoisotopic (exact) mass is 357 g/mol. The van der Waals surface area contributed by atoms with Crippen LogP contribution in [-0.2, 0) is 0 Å². The van der Waals surface area contributed by atoms with Crippen molar-refractivity contribution in [3.8, 4) is 0 Å². The lowest BCUT2D eigenvalue weighted by molar-refractivity contribution is 0.103. The molecular formula is C18H16FN3O2S. The number of carbonyl (C=O) groups excluding carboxylic acids is 2. The molecule has 3 amide bonds. The summed E-state index contributed by atoms with van der Waals surface area (Å²) in [7, 11) is 1.53. The van der Waals surface area contributed by atoms with Crippen molar-refractivity contribution in [2.75, 3.05) is 17.7 Å². The number of fused-ring (bicyclic) bond motifs is 1. The quantitative estimate of drug-likeness (QED) is 0.652. The van der Waals surface area contributed by atoms with Crippen molar-refractivity contribution in [1.82, 2.24) is 5.32 Å². The van der Waals surface area contributed by atoms with E-state index in [0.717, 1.165) is 4.70 Å². The molecule has 128 valence electrons. The van der Waals surface area contributed by atoms with E-state index in [1.807, 2.05) is 0 Å². The van der Waals surface area contributed by atoms with E-state index in [2.05, 4.69) is 16.0 Å². The third kappa shape index (κ3) is 3.46. The van der Waals surface area contributed by atoms with Crippen LogP contribution in [0, 0.1) is 12.7 Å². The molecule has 0 aliphatic carbocycles. The standard InChI is InChI=1S/C18H16FN3O2S/c1-10-15-13(19)4-3-5-14(15)25-16(10)17(23)21-11-6-8-12(9-7-11)22-18(24)20-2/h3-9H,1-2H3,(H,21,23)(H2,20,22,24). The molecule has 3 aromatic rings. The number of urea groups is 1. The van der Waals surface area contributed by atoms with Gasteiger partial charge in [-0.1, -0.05) is 6.07 Å². The predicted molar refractivity (Wildman–Crippen MR) is 99.0 cm³/mol. The summed E-state index contributed by atoms with van der Waals surface area (Å²) in [5.41, 5.74) is 1.83. The maximum Gasteiger partial charge on any atom is 0.318 e. The van der Waals surface area contributed by atoms with Crippen LogP contribution >= 0.6 is 11.3 Å². The maximum atomic E-state index is 14.0. The van der Waals surface area contributed by atoms with E-state index >= 15 is 0 Å². The van der Waals surface area contributed by atoms with E-state index in [4.69, 9.17) is 0 Å². The van der Waals surface area contributed by atoms with Gasteiger partial charge >= 0.3 is 6.03 Å². The molecule has 0 saturated carbocycles. The molecule has 0 atom stereocenters. The number of halogens is 1. The van der Waals surface area contributed by atoms with Gasteiger partial charge in [0.25, 0.3) is 5.91 Å². The van der Waals surface area contributed by atoms with E-state index < -0.39 is 0 Å². The molecule has 2 aromatic carbocycles. The van der Waals surface area contributed by atoms with E-state index in [-0.39, 0.29) is 17.8 Å². The van der Waals surface area contributed by atoms with Crippen LogP contribution in [-0.4, -0.2) is 19.0 Å². The highest BCUT2D eigenvalue weighted by Gasteiger charge is 2.17. The third-order valence-corrected chi connectivity index (χ3v) is 4.99. The first kappa shape index (κ1) is 16.9. The molecule has 3 N–H and O–H groups in total. The molecule has 0 saturated heterocycles. The molecule has 0 spiro atoms. The molecule has 25 heavy (non-hydrogen) atoms. The summed E-state index contributed by atoms with van der Waals surface area (Å²) >= 11 is 1.26. The molecule has 0 radical (unpaired) electrons. The lowest BCUT2D eigenvalue weighted by atomic mass is 10.1. The molecule has 0 unspecified atom stereocenters. The average Bonchev–Trinajstić information content (AvgIpc) is 2.95.